The Hall–Kier alpha value is -2.12. The van der Waals surface area contributed by atoms with E-state index in [1.165, 1.54) is 37.9 Å². The van der Waals surface area contributed by atoms with Gasteiger partial charge in [-0.2, -0.15) is 0 Å². The molecule has 0 saturated heterocycles. The Bertz CT molecular complexity index is 876. The molecular weight excluding hydrogens is 242 g/mol. The number of nitrogens with two attached hydrogens (primary N) is 1. The summed E-state index contributed by atoms with van der Waals surface area (Å²) in [5.41, 5.74) is 7.08. The molecule has 0 fully saturated rings. The Balaban J connectivity index is 2.14. The molecule has 1 nitrogen and oxygen atoms in total. The Morgan fingerprint density at radius 3 is 2.10 bits per heavy atom. The monoisotopic (exact) mass is 259 g/mol. The molecule has 0 aromatic heterocycles. The first-order valence-corrected chi connectivity index (χ1v) is 7.24. The second-order valence-electron chi connectivity index (χ2n) is 5.47. The molecule has 4 aromatic rings. The van der Waals surface area contributed by atoms with Crippen molar-refractivity contribution >= 4 is 32.3 Å². The van der Waals surface area contributed by atoms with Crippen molar-refractivity contribution in [2.75, 3.05) is 6.54 Å². The van der Waals surface area contributed by atoms with Crippen LogP contribution in [0.5, 0.6) is 0 Å². The largest absolute Gasteiger partial charge is 0.330 e. The smallest absolute Gasteiger partial charge is 0.00240 e. The van der Waals surface area contributed by atoms with Gasteiger partial charge in [-0.25, -0.2) is 0 Å². The van der Waals surface area contributed by atoms with Crippen LogP contribution in [0.3, 0.4) is 0 Å². The third kappa shape index (κ3) is 1.60. The van der Waals surface area contributed by atoms with Crippen LogP contribution in [-0.4, -0.2) is 6.54 Å². The maximum absolute atomic E-state index is 5.66. The fourth-order valence-electron chi connectivity index (χ4n) is 3.31. The molecule has 0 aliphatic carbocycles. The van der Waals surface area contributed by atoms with E-state index in [1.807, 2.05) is 0 Å². The molecule has 0 radical (unpaired) electrons. The topological polar surface area (TPSA) is 26.0 Å². The van der Waals surface area contributed by atoms with Gasteiger partial charge in [0, 0.05) is 0 Å². The first kappa shape index (κ1) is 11.7. The summed E-state index contributed by atoms with van der Waals surface area (Å²) < 4.78 is 0. The van der Waals surface area contributed by atoms with Gasteiger partial charge in [0.15, 0.2) is 0 Å². The fourth-order valence-corrected chi connectivity index (χ4v) is 3.31. The molecule has 0 atom stereocenters. The van der Waals surface area contributed by atoms with E-state index in [0.717, 1.165) is 19.4 Å². The number of hydrogen-bond acceptors (Lipinski definition) is 1. The minimum absolute atomic E-state index is 0.752. The van der Waals surface area contributed by atoms with Crippen LogP contribution in [0.2, 0.25) is 0 Å². The van der Waals surface area contributed by atoms with E-state index >= 15 is 0 Å². The van der Waals surface area contributed by atoms with Crippen molar-refractivity contribution in [3.05, 3.63) is 60.2 Å². The van der Waals surface area contributed by atoms with Gasteiger partial charge < -0.3 is 5.73 Å². The summed E-state index contributed by atoms with van der Waals surface area (Å²) in [5.74, 6) is 0. The summed E-state index contributed by atoms with van der Waals surface area (Å²) >= 11 is 0. The van der Waals surface area contributed by atoms with Crippen LogP contribution in [0, 0.1) is 0 Å². The number of rotatable bonds is 3. The predicted molar refractivity (Wildman–Crippen MR) is 87.5 cm³/mol. The molecule has 0 bridgehead atoms. The molecule has 0 saturated carbocycles. The van der Waals surface area contributed by atoms with Crippen molar-refractivity contribution in [1.29, 1.82) is 0 Å². The van der Waals surface area contributed by atoms with E-state index in [9.17, 15) is 0 Å². The van der Waals surface area contributed by atoms with E-state index in [4.69, 9.17) is 5.73 Å². The SMILES string of the molecule is NCCCc1ccc2ccc3cccc4ccc1c2c34. The van der Waals surface area contributed by atoms with E-state index in [1.54, 1.807) is 0 Å². The normalized spacial score (nSPS) is 11.8. The van der Waals surface area contributed by atoms with E-state index in [0.29, 0.717) is 0 Å². The van der Waals surface area contributed by atoms with Crippen LogP contribution in [0.25, 0.3) is 32.3 Å². The first-order valence-electron chi connectivity index (χ1n) is 7.24. The number of benzene rings is 4. The van der Waals surface area contributed by atoms with Gasteiger partial charge in [-0.15, -0.1) is 0 Å². The average Bonchev–Trinajstić information content (AvgIpc) is 2.51. The summed E-state index contributed by atoms with van der Waals surface area (Å²) in [6, 6.07) is 20.0. The Morgan fingerprint density at radius 1 is 0.700 bits per heavy atom. The van der Waals surface area contributed by atoms with Crippen LogP contribution >= 0.6 is 0 Å². The molecule has 4 aromatic carbocycles. The van der Waals surface area contributed by atoms with E-state index in [2.05, 4.69) is 54.6 Å². The maximum atomic E-state index is 5.66. The van der Waals surface area contributed by atoms with Crippen LogP contribution < -0.4 is 5.73 Å². The van der Waals surface area contributed by atoms with Crippen molar-refractivity contribution in [3.63, 3.8) is 0 Å². The van der Waals surface area contributed by atoms with Crippen molar-refractivity contribution in [3.8, 4) is 0 Å². The third-order valence-electron chi connectivity index (χ3n) is 4.27. The highest BCUT2D eigenvalue weighted by molar-refractivity contribution is 6.23. The van der Waals surface area contributed by atoms with Gasteiger partial charge >= 0.3 is 0 Å². The minimum Gasteiger partial charge on any atom is -0.330 e. The number of hydrogen-bond donors (Lipinski definition) is 1. The van der Waals surface area contributed by atoms with Crippen molar-refractivity contribution < 1.29 is 0 Å². The third-order valence-corrected chi connectivity index (χ3v) is 4.27. The highest BCUT2D eigenvalue weighted by Crippen LogP contribution is 2.36. The fraction of sp³-hybridized carbons (Fsp3) is 0.158. The number of aryl methyl sites for hydroxylation is 1. The van der Waals surface area contributed by atoms with Crippen molar-refractivity contribution in [1.82, 2.24) is 0 Å². The zero-order chi connectivity index (χ0) is 13.5. The van der Waals surface area contributed by atoms with Gasteiger partial charge in [-0.1, -0.05) is 54.6 Å². The lowest BCUT2D eigenvalue weighted by Crippen LogP contribution is -2.00. The van der Waals surface area contributed by atoms with Gasteiger partial charge in [-0.3, -0.25) is 0 Å². The van der Waals surface area contributed by atoms with E-state index in [-0.39, 0.29) is 0 Å². The van der Waals surface area contributed by atoms with Gasteiger partial charge in [0.05, 0.1) is 0 Å². The summed E-state index contributed by atoms with van der Waals surface area (Å²) in [5, 5.41) is 8.20. The van der Waals surface area contributed by atoms with Gasteiger partial charge in [0.25, 0.3) is 0 Å². The standard InChI is InChI=1S/C19H17N/c20-12-2-5-13-6-7-16-9-8-14-3-1-4-15-10-11-17(13)19(16)18(14)15/h1,3-4,6-11H,2,5,12,20H2. The average molecular weight is 259 g/mol. The van der Waals surface area contributed by atoms with Crippen LogP contribution in [0.15, 0.2) is 54.6 Å². The lowest BCUT2D eigenvalue weighted by molar-refractivity contribution is 0.837. The highest BCUT2D eigenvalue weighted by Gasteiger charge is 2.09. The molecule has 0 heterocycles. The van der Waals surface area contributed by atoms with Crippen molar-refractivity contribution in [2.24, 2.45) is 5.73 Å². The molecule has 2 N–H and O–H groups in total. The molecular formula is C19H17N. The maximum Gasteiger partial charge on any atom is -0.00240 e. The molecule has 0 unspecified atom stereocenters. The Kier molecular flexibility index (Phi) is 2.61. The van der Waals surface area contributed by atoms with Gasteiger partial charge in [-0.05, 0) is 57.3 Å². The summed E-state index contributed by atoms with van der Waals surface area (Å²) in [6.07, 6.45) is 2.11. The Morgan fingerprint density at radius 2 is 1.35 bits per heavy atom. The molecule has 0 amide bonds. The van der Waals surface area contributed by atoms with Gasteiger partial charge in [0.1, 0.15) is 0 Å². The molecule has 1 heteroatoms. The second-order valence-corrected chi connectivity index (χ2v) is 5.47. The molecule has 98 valence electrons. The molecule has 20 heavy (non-hydrogen) atoms. The quantitative estimate of drug-likeness (QED) is 0.539. The van der Waals surface area contributed by atoms with E-state index < -0.39 is 0 Å². The second kappa shape index (κ2) is 4.46. The molecule has 4 rings (SSSR count). The zero-order valence-electron chi connectivity index (χ0n) is 11.4. The van der Waals surface area contributed by atoms with Crippen molar-refractivity contribution in [2.45, 2.75) is 12.8 Å². The Labute approximate surface area is 118 Å². The van der Waals surface area contributed by atoms with Gasteiger partial charge in [0.2, 0.25) is 0 Å². The summed E-state index contributed by atoms with van der Waals surface area (Å²) in [7, 11) is 0. The predicted octanol–water partition coefficient (Wildman–Crippen LogP) is 4.48. The first-order chi connectivity index (χ1) is 9.88. The lowest BCUT2D eigenvalue weighted by atomic mass is 9.91. The van der Waals surface area contributed by atoms with Crippen LogP contribution in [-0.2, 0) is 6.42 Å². The molecule has 0 aliphatic rings. The zero-order valence-corrected chi connectivity index (χ0v) is 11.4. The molecule has 0 spiro atoms. The summed E-state index contributed by atoms with van der Waals surface area (Å²) in [6.45, 7) is 0.752. The minimum atomic E-state index is 0.752. The highest BCUT2D eigenvalue weighted by atomic mass is 14.5. The van der Waals surface area contributed by atoms with Crippen LogP contribution in [0.1, 0.15) is 12.0 Å². The lowest BCUT2D eigenvalue weighted by Gasteiger charge is -2.13. The summed E-state index contributed by atoms with van der Waals surface area (Å²) in [4.78, 5) is 0. The molecule has 0 aliphatic heterocycles. The van der Waals surface area contributed by atoms with Crippen LogP contribution in [0.4, 0.5) is 0 Å².